The van der Waals surface area contributed by atoms with Gasteiger partial charge in [0, 0.05) is 19.0 Å². The summed E-state index contributed by atoms with van der Waals surface area (Å²) in [7, 11) is 1.47. The van der Waals surface area contributed by atoms with E-state index in [4.69, 9.17) is 4.84 Å². The van der Waals surface area contributed by atoms with Gasteiger partial charge >= 0.3 is 6.18 Å². The van der Waals surface area contributed by atoms with Gasteiger partial charge in [-0.15, -0.1) is 0 Å². The highest BCUT2D eigenvalue weighted by molar-refractivity contribution is 7.98. The Hall–Kier alpha value is -2.03. The molecule has 2 aromatic heterocycles. The molecule has 0 saturated heterocycles. The summed E-state index contributed by atoms with van der Waals surface area (Å²) < 4.78 is 40.5. The van der Waals surface area contributed by atoms with Gasteiger partial charge in [-0.1, -0.05) is 23.0 Å². The first-order valence-corrected chi connectivity index (χ1v) is 7.74. The molecular weight excluding hydrogens is 329 g/mol. The van der Waals surface area contributed by atoms with Gasteiger partial charge in [-0.3, -0.25) is 9.67 Å². The third-order valence-corrected chi connectivity index (χ3v) is 3.96. The summed E-state index contributed by atoms with van der Waals surface area (Å²) in [6.45, 7) is 1.97. The second-order valence-electron chi connectivity index (χ2n) is 4.45. The molecule has 0 radical (unpaired) electrons. The molecule has 0 saturated carbocycles. The number of pyridine rings is 1. The molecule has 0 atom stereocenters. The Kier molecular flexibility index (Phi) is 5.64. The van der Waals surface area contributed by atoms with E-state index in [0.717, 1.165) is 11.9 Å². The molecule has 0 spiro atoms. The van der Waals surface area contributed by atoms with Crippen molar-refractivity contribution >= 4 is 18.0 Å². The second kappa shape index (κ2) is 7.49. The number of rotatable bonds is 6. The van der Waals surface area contributed by atoms with E-state index in [0.29, 0.717) is 10.8 Å². The summed E-state index contributed by atoms with van der Waals surface area (Å²) >= 11 is 1.21. The number of aromatic nitrogens is 3. The summed E-state index contributed by atoms with van der Waals surface area (Å²) in [5.41, 5.74) is -0.318. The van der Waals surface area contributed by atoms with E-state index in [1.165, 1.54) is 23.5 Å². The molecule has 0 aliphatic rings. The summed E-state index contributed by atoms with van der Waals surface area (Å²) in [6.07, 6.45) is -1.87. The maximum absolute atomic E-state index is 13.1. The Bertz CT molecular complexity index is 671. The minimum absolute atomic E-state index is 0.102. The lowest BCUT2D eigenvalue weighted by atomic mass is 10.2. The van der Waals surface area contributed by atoms with Crippen LogP contribution in [0.1, 0.15) is 23.9 Å². The van der Waals surface area contributed by atoms with Crippen LogP contribution in [0.15, 0.2) is 34.6 Å². The van der Waals surface area contributed by atoms with Crippen LogP contribution in [0.25, 0.3) is 0 Å². The monoisotopic (exact) mass is 344 g/mol. The van der Waals surface area contributed by atoms with E-state index in [-0.39, 0.29) is 12.2 Å². The molecule has 0 aliphatic heterocycles. The lowest BCUT2D eigenvalue weighted by Gasteiger charge is -2.05. The maximum atomic E-state index is 13.1. The summed E-state index contributed by atoms with van der Waals surface area (Å²) in [4.78, 5) is 8.93. The predicted octanol–water partition coefficient (Wildman–Crippen LogP) is 3.50. The quantitative estimate of drug-likeness (QED) is 0.457. The average molecular weight is 344 g/mol. The fraction of sp³-hybridized carbons (Fsp3) is 0.357. The zero-order chi connectivity index (χ0) is 16.9. The largest absolute Gasteiger partial charge is 0.435 e. The summed E-state index contributed by atoms with van der Waals surface area (Å²) in [5.74, 6) is 0.424. The molecule has 0 amide bonds. The van der Waals surface area contributed by atoms with Crippen molar-refractivity contribution in [2.75, 3.05) is 6.61 Å². The molecule has 2 aromatic rings. The molecule has 5 nitrogen and oxygen atoms in total. The zero-order valence-corrected chi connectivity index (χ0v) is 13.4. The van der Waals surface area contributed by atoms with Gasteiger partial charge in [0.05, 0.1) is 17.5 Å². The molecule has 0 unspecified atom stereocenters. The van der Waals surface area contributed by atoms with Crippen LogP contribution in [0.3, 0.4) is 0 Å². The van der Waals surface area contributed by atoms with Crippen LogP contribution in [0.2, 0.25) is 0 Å². The molecule has 9 heteroatoms. The van der Waals surface area contributed by atoms with E-state index < -0.39 is 11.9 Å². The SMILES string of the molecule is CCO/N=C/c1c(C(F)(F)F)nn(C)c1SCc1ccccn1. The van der Waals surface area contributed by atoms with Crippen LogP contribution in [-0.2, 0) is 23.8 Å². The number of halogens is 3. The molecule has 0 aliphatic carbocycles. The molecule has 2 heterocycles. The third kappa shape index (κ3) is 4.47. The van der Waals surface area contributed by atoms with Gasteiger partial charge in [0.25, 0.3) is 0 Å². The molecule has 0 N–H and O–H groups in total. The van der Waals surface area contributed by atoms with Crippen molar-refractivity contribution in [2.24, 2.45) is 12.2 Å². The Morgan fingerprint density at radius 3 is 2.78 bits per heavy atom. The van der Waals surface area contributed by atoms with Crippen LogP contribution in [0.5, 0.6) is 0 Å². The zero-order valence-electron chi connectivity index (χ0n) is 12.5. The van der Waals surface area contributed by atoms with Crippen molar-refractivity contribution in [3.05, 3.63) is 41.3 Å². The van der Waals surface area contributed by atoms with Crippen molar-refractivity contribution in [3.63, 3.8) is 0 Å². The van der Waals surface area contributed by atoms with Gasteiger partial charge in [0.1, 0.15) is 11.6 Å². The Morgan fingerprint density at radius 1 is 1.39 bits per heavy atom. The topological polar surface area (TPSA) is 52.3 Å². The molecule has 0 bridgehead atoms. The minimum atomic E-state index is -4.56. The van der Waals surface area contributed by atoms with E-state index in [2.05, 4.69) is 15.2 Å². The number of hydrogen-bond donors (Lipinski definition) is 0. The lowest BCUT2D eigenvalue weighted by molar-refractivity contribution is -0.141. The van der Waals surface area contributed by atoms with Crippen LogP contribution in [0, 0.1) is 0 Å². The molecule has 124 valence electrons. The van der Waals surface area contributed by atoms with Gasteiger partial charge in [-0.25, -0.2) is 0 Å². The highest BCUT2D eigenvalue weighted by atomic mass is 32.2. The molecule has 23 heavy (non-hydrogen) atoms. The van der Waals surface area contributed by atoms with E-state index in [1.54, 1.807) is 19.2 Å². The molecule has 2 rings (SSSR count). The first kappa shape index (κ1) is 17.3. The normalized spacial score (nSPS) is 12.0. The maximum Gasteiger partial charge on any atom is 0.435 e. The number of aryl methyl sites for hydroxylation is 1. The lowest BCUT2D eigenvalue weighted by Crippen LogP contribution is -2.09. The van der Waals surface area contributed by atoms with Crippen molar-refractivity contribution in [2.45, 2.75) is 23.9 Å². The van der Waals surface area contributed by atoms with Crippen LogP contribution in [0.4, 0.5) is 13.2 Å². The summed E-state index contributed by atoms with van der Waals surface area (Å²) in [6, 6.07) is 5.41. The number of nitrogens with zero attached hydrogens (tertiary/aromatic N) is 4. The highest BCUT2D eigenvalue weighted by Gasteiger charge is 2.38. The Balaban J connectivity index is 2.31. The number of oxime groups is 1. The van der Waals surface area contributed by atoms with E-state index >= 15 is 0 Å². The highest BCUT2D eigenvalue weighted by Crippen LogP contribution is 2.35. The van der Waals surface area contributed by atoms with E-state index in [1.807, 2.05) is 12.1 Å². The first-order valence-electron chi connectivity index (χ1n) is 6.75. The standard InChI is InChI=1S/C14H15F3N4OS/c1-3-22-19-8-11-12(14(15,16)17)20-21(2)13(11)23-9-10-6-4-5-7-18-10/h4-8H,3,9H2,1-2H3/b19-8+. The Morgan fingerprint density at radius 2 is 2.17 bits per heavy atom. The van der Waals surface area contributed by atoms with Gasteiger partial charge < -0.3 is 4.84 Å². The third-order valence-electron chi connectivity index (χ3n) is 2.77. The fourth-order valence-corrected chi connectivity index (χ4v) is 2.80. The van der Waals surface area contributed by atoms with Crippen LogP contribution >= 0.6 is 11.8 Å². The van der Waals surface area contributed by atoms with E-state index in [9.17, 15) is 13.2 Å². The van der Waals surface area contributed by atoms with Gasteiger partial charge in [0.15, 0.2) is 5.69 Å². The van der Waals surface area contributed by atoms with Crippen LogP contribution < -0.4 is 0 Å². The number of alkyl halides is 3. The first-order chi connectivity index (χ1) is 10.9. The molecule has 0 fully saturated rings. The van der Waals surface area contributed by atoms with Crippen molar-refractivity contribution in [3.8, 4) is 0 Å². The summed E-state index contributed by atoms with van der Waals surface area (Å²) in [5, 5.41) is 7.49. The van der Waals surface area contributed by atoms with Crippen molar-refractivity contribution < 1.29 is 18.0 Å². The second-order valence-corrected chi connectivity index (χ2v) is 5.41. The fourth-order valence-electron chi connectivity index (χ4n) is 1.81. The number of hydrogen-bond acceptors (Lipinski definition) is 5. The van der Waals surface area contributed by atoms with Crippen LogP contribution in [-0.4, -0.2) is 27.6 Å². The average Bonchev–Trinajstić information content (AvgIpc) is 2.83. The van der Waals surface area contributed by atoms with Crippen molar-refractivity contribution in [1.29, 1.82) is 0 Å². The molecule has 0 aromatic carbocycles. The molecular formula is C14H15F3N4OS. The number of thioether (sulfide) groups is 1. The van der Waals surface area contributed by atoms with Gasteiger partial charge in [-0.2, -0.15) is 18.3 Å². The Labute approximate surface area is 135 Å². The smallest absolute Gasteiger partial charge is 0.396 e. The van der Waals surface area contributed by atoms with Crippen molar-refractivity contribution in [1.82, 2.24) is 14.8 Å². The van der Waals surface area contributed by atoms with Gasteiger partial charge in [0.2, 0.25) is 0 Å². The van der Waals surface area contributed by atoms with Gasteiger partial charge in [-0.05, 0) is 19.1 Å². The minimum Gasteiger partial charge on any atom is -0.396 e. The predicted molar refractivity (Wildman–Crippen MR) is 81.2 cm³/mol.